The number of allylic oxidation sites excluding steroid dienone is 2. The average Bonchev–Trinajstić information content (AvgIpc) is 3.50. The first kappa shape index (κ1) is 81.2. The molecule has 0 aromatic carbocycles. The van der Waals surface area contributed by atoms with E-state index >= 15 is 0 Å². The van der Waals surface area contributed by atoms with Crippen molar-refractivity contribution in [2.75, 3.05) is 13.2 Å². The Morgan fingerprint density at radius 1 is 0.229 bits per heavy atom. The third-order valence-electron chi connectivity index (χ3n) is 17.8. The standard InChI is InChI=1S/C77H148O6/c1-4-7-10-13-16-19-22-25-28-31-34-35-36-37-38-39-40-41-44-46-49-52-55-58-61-64-67-70-76(79)82-73-74(83-77(80)71-68-65-62-59-56-53-50-47-43-33-30-27-24-21-18-15-12-9-6-3)72-81-75(78)69-66-63-60-57-54-51-48-45-42-32-29-26-23-20-17-14-11-8-5-2/h31,34,74H,4-30,32-33,35-73H2,1-3H3/b34-31-. The number of esters is 3. The van der Waals surface area contributed by atoms with E-state index < -0.39 is 6.10 Å². The van der Waals surface area contributed by atoms with Crippen molar-refractivity contribution in [1.29, 1.82) is 0 Å². The molecule has 6 heteroatoms. The van der Waals surface area contributed by atoms with E-state index in [0.29, 0.717) is 19.3 Å². The lowest BCUT2D eigenvalue weighted by Crippen LogP contribution is -2.30. The van der Waals surface area contributed by atoms with Crippen LogP contribution in [0.3, 0.4) is 0 Å². The van der Waals surface area contributed by atoms with E-state index in [2.05, 4.69) is 32.9 Å². The maximum atomic E-state index is 13.0. The molecule has 0 aromatic heterocycles. The van der Waals surface area contributed by atoms with Gasteiger partial charge in [0.15, 0.2) is 6.10 Å². The fourth-order valence-electron chi connectivity index (χ4n) is 12.0. The smallest absolute Gasteiger partial charge is 0.306 e. The van der Waals surface area contributed by atoms with Crippen LogP contribution in [-0.2, 0) is 28.6 Å². The van der Waals surface area contributed by atoms with Gasteiger partial charge < -0.3 is 14.2 Å². The normalized spacial score (nSPS) is 12.0. The molecule has 0 N–H and O–H groups in total. The van der Waals surface area contributed by atoms with Crippen molar-refractivity contribution in [3.05, 3.63) is 12.2 Å². The molecule has 1 atom stereocenters. The van der Waals surface area contributed by atoms with Crippen LogP contribution in [0, 0.1) is 0 Å². The fraction of sp³-hybridized carbons (Fsp3) is 0.935. The van der Waals surface area contributed by atoms with Gasteiger partial charge in [0.1, 0.15) is 13.2 Å². The summed E-state index contributed by atoms with van der Waals surface area (Å²) in [6, 6.07) is 0. The van der Waals surface area contributed by atoms with Crippen molar-refractivity contribution >= 4 is 17.9 Å². The molecule has 0 saturated carbocycles. The van der Waals surface area contributed by atoms with Crippen molar-refractivity contribution < 1.29 is 28.6 Å². The Kier molecular flexibility index (Phi) is 71.0. The van der Waals surface area contributed by atoms with Gasteiger partial charge in [-0.25, -0.2) is 0 Å². The molecule has 0 saturated heterocycles. The van der Waals surface area contributed by atoms with Crippen LogP contribution >= 0.6 is 0 Å². The first-order valence-corrected chi connectivity index (χ1v) is 38.2. The van der Waals surface area contributed by atoms with Gasteiger partial charge in [-0.1, -0.05) is 392 Å². The van der Waals surface area contributed by atoms with Gasteiger partial charge in [0.05, 0.1) is 0 Å². The van der Waals surface area contributed by atoms with Gasteiger partial charge in [-0.15, -0.1) is 0 Å². The molecule has 0 aliphatic heterocycles. The number of carbonyl (C=O) groups excluding carboxylic acids is 3. The molecule has 0 fully saturated rings. The zero-order chi connectivity index (χ0) is 59.9. The molecule has 0 amide bonds. The second-order valence-electron chi connectivity index (χ2n) is 26.3. The molecule has 0 radical (unpaired) electrons. The van der Waals surface area contributed by atoms with Crippen molar-refractivity contribution in [3.63, 3.8) is 0 Å². The van der Waals surface area contributed by atoms with Crippen LogP contribution in [0.1, 0.15) is 445 Å². The summed E-state index contributed by atoms with van der Waals surface area (Å²) in [6.45, 7) is 6.75. The summed E-state index contributed by atoms with van der Waals surface area (Å²) < 4.78 is 17.1. The molecule has 0 rings (SSSR count). The number of hydrogen-bond acceptors (Lipinski definition) is 6. The third kappa shape index (κ3) is 70.8. The maximum Gasteiger partial charge on any atom is 0.306 e. The highest BCUT2D eigenvalue weighted by molar-refractivity contribution is 5.71. The Balaban J connectivity index is 4.23. The van der Waals surface area contributed by atoms with Gasteiger partial charge in [-0.05, 0) is 44.9 Å². The SMILES string of the molecule is CCCCCCCCCC/C=C\CCCCCCCCCCCCCCCCCC(=O)OCC(COC(=O)CCCCCCCCCCCCCCCCCCCCC)OC(=O)CCCCCCCCCCCCCCCCCCCCC. The molecular weight excluding hydrogens is 1020 g/mol. The van der Waals surface area contributed by atoms with Crippen LogP contribution in [0.25, 0.3) is 0 Å². The Bertz CT molecular complexity index is 1300. The second kappa shape index (κ2) is 72.6. The minimum atomic E-state index is -0.766. The van der Waals surface area contributed by atoms with Crippen molar-refractivity contribution in [1.82, 2.24) is 0 Å². The number of unbranched alkanes of at least 4 members (excludes halogenated alkanes) is 59. The summed E-state index contributed by atoms with van der Waals surface area (Å²) in [5.74, 6) is -0.819. The van der Waals surface area contributed by atoms with E-state index in [-0.39, 0.29) is 31.1 Å². The molecule has 492 valence electrons. The van der Waals surface area contributed by atoms with Crippen LogP contribution in [0.2, 0.25) is 0 Å². The molecule has 0 aromatic rings. The molecule has 0 aliphatic rings. The van der Waals surface area contributed by atoms with E-state index in [9.17, 15) is 14.4 Å². The van der Waals surface area contributed by atoms with Crippen LogP contribution in [0.5, 0.6) is 0 Å². The van der Waals surface area contributed by atoms with E-state index in [0.717, 1.165) is 57.8 Å². The Morgan fingerprint density at radius 3 is 0.602 bits per heavy atom. The summed E-state index contributed by atoms with van der Waals surface area (Å²) in [5.41, 5.74) is 0. The van der Waals surface area contributed by atoms with Crippen molar-refractivity contribution in [2.24, 2.45) is 0 Å². The van der Waals surface area contributed by atoms with Gasteiger partial charge in [-0.3, -0.25) is 14.4 Å². The second-order valence-corrected chi connectivity index (χ2v) is 26.3. The largest absolute Gasteiger partial charge is 0.462 e. The van der Waals surface area contributed by atoms with Crippen LogP contribution < -0.4 is 0 Å². The Labute approximate surface area is 520 Å². The zero-order valence-electron chi connectivity index (χ0n) is 56.8. The number of rotatable bonds is 72. The highest BCUT2D eigenvalue weighted by atomic mass is 16.6. The zero-order valence-corrected chi connectivity index (χ0v) is 56.8. The summed E-state index contributed by atoms with van der Waals surface area (Å²) in [6.07, 6.45) is 88.3. The number of carbonyl (C=O) groups is 3. The van der Waals surface area contributed by atoms with Crippen molar-refractivity contribution in [3.8, 4) is 0 Å². The Hall–Kier alpha value is -1.85. The molecule has 0 aliphatic carbocycles. The minimum Gasteiger partial charge on any atom is -0.462 e. The van der Waals surface area contributed by atoms with Crippen LogP contribution in [0.15, 0.2) is 12.2 Å². The number of hydrogen-bond donors (Lipinski definition) is 0. The molecule has 83 heavy (non-hydrogen) atoms. The van der Waals surface area contributed by atoms with Gasteiger partial charge in [0, 0.05) is 19.3 Å². The molecule has 0 heterocycles. The van der Waals surface area contributed by atoms with Gasteiger partial charge in [0.25, 0.3) is 0 Å². The van der Waals surface area contributed by atoms with E-state index in [1.165, 1.54) is 347 Å². The van der Waals surface area contributed by atoms with Crippen LogP contribution in [0.4, 0.5) is 0 Å². The first-order chi connectivity index (χ1) is 41.0. The lowest BCUT2D eigenvalue weighted by Gasteiger charge is -2.18. The predicted molar refractivity (Wildman–Crippen MR) is 363 cm³/mol. The Morgan fingerprint density at radius 2 is 0.398 bits per heavy atom. The molecule has 0 spiro atoms. The lowest BCUT2D eigenvalue weighted by molar-refractivity contribution is -0.167. The average molecular weight is 1170 g/mol. The fourth-order valence-corrected chi connectivity index (χ4v) is 12.0. The monoisotopic (exact) mass is 1170 g/mol. The summed E-state index contributed by atoms with van der Waals surface area (Å²) in [7, 11) is 0. The molecule has 0 bridgehead atoms. The minimum absolute atomic E-state index is 0.0616. The van der Waals surface area contributed by atoms with E-state index in [1.807, 2.05) is 0 Å². The maximum absolute atomic E-state index is 13.0. The molecule has 6 nitrogen and oxygen atoms in total. The highest BCUT2D eigenvalue weighted by Gasteiger charge is 2.20. The summed E-state index contributed by atoms with van der Waals surface area (Å²) >= 11 is 0. The highest BCUT2D eigenvalue weighted by Crippen LogP contribution is 2.20. The van der Waals surface area contributed by atoms with Gasteiger partial charge in [-0.2, -0.15) is 0 Å². The lowest BCUT2D eigenvalue weighted by atomic mass is 10.0. The van der Waals surface area contributed by atoms with Gasteiger partial charge in [0.2, 0.25) is 0 Å². The topological polar surface area (TPSA) is 78.9 Å². The first-order valence-electron chi connectivity index (χ1n) is 38.2. The molecule has 1 unspecified atom stereocenters. The van der Waals surface area contributed by atoms with E-state index in [4.69, 9.17) is 14.2 Å². The van der Waals surface area contributed by atoms with Crippen molar-refractivity contribution in [2.45, 2.75) is 451 Å². The van der Waals surface area contributed by atoms with E-state index in [1.54, 1.807) is 0 Å². The summed E-state index contributed by atoms with van der Waals surface area (Å²) in [5, 5.41) is 0. The van der Waals surface area contributed by atoms with Gasteiger partial charge >= 0.3 is 17.9 Å². The van der Waals surface area contributed by atoms with Crippen LogP contribution in [-0.4, -0.2) is 37.2 Å². The quantitative estimate of drug-likeness (QED) is 0.0261. The predicted octanol–water partition coefficient (Wildman–Crippen LogP) is 26.3. The molecular formula is C77H148O6. The third-order valence-corrected chi connectivity index (χ3v) is 17.8. The summed E-state index contributed by atoms with van der Waals surface area (Å²) in [4.78, 5) is 38.6. The number of ether oxygens (including phenoxy) is 3.